The minimum atomic E-state index is -0.254. The number of ketones is 1. The van der Waals surface area contributed by atoms with E-state index in [2.05, 4.69) is 4.98 Å². The molecule has 0 radical (unpaired) electrons. The molecule has 1 heterocycles. The largest absolute Gasteiger partial charge is 0.497 e. The fourth-order valence-electron chi connectivity index (χ4n) is 3.38. The van der Waals surface area contributed by atoms with Crippen LogP contribution in [0.1, 0.15) is 27.7 Å². The maximum absolute atomic E-state index is 12.9. The number of fused-ring (bicyclic) bond motifs is 1. The molecule has 1 aromatic heterocycles. The molecule has 0 saturated heterocycles. The standard InChI is InChI=1S/C21H24N2O3/c1-14-21(17-6-4-5-7-18(17)22-14)20(25)12-23(2)19(13-24)15-8-10-16(26-3)11-9-15/h4-11,19,22,24H,12-13H2,1-3H3. The van der Waals surface area contributed by atoms with Crippen molar-refractivity contribution >= 4 is 16.7 Å². The van der Waals surface area contributed by atoms with Gasteiger partial charge in [-0.2, -0.15) is 0 Å². The molecule has 5 heteroatoms. The Morgan fingerprint density at radius 3 is 2.54 bits per heavy atom. The van der Waals surface area contributed by atoms with Crippen molar-refractivity contribution in [2.75, 3.05) is 27.3 Å². The number of ether oxygens (including phenoxy) is 1. The Morgan fingerprint density at radius 2 is 1.88 bits per heavy atom. The van der Waals surface area contributed by atoms with Gasteiger partial charge in [0.05, 0.1) is 26.3 Å². The van der Waals surface area contributed by atoms with Crippen LogP contribution in [0.4, 0.5) is 0 Å². The fraction of sp³-hybridized carbons (Fsp3) is 0.286. The van der Waals surface area contributed by atoms with Gasteiger partial charge in [0.1, 0.15) is 5.75 Å². The Kier molecular flexibility index (Phi) is 5.40. The summed E-state index contributed by atoms with van der Waals surface area (Å²) >= 11 is 0. The second kappa shape index (κ2) is 7.72. The molecule has 2 aromatic carbocycles. The molecule has 3 rings (SSSR count). The highest BCUT2D eigenvalue weighted by molar-refractivity contribution is 6.10. The number of methoxy groups -OCH3 is 1. The first-order valence-electron chi connectivity index (χ1n) is 8.60. The number of aromatic nitrogens is 1. The van der Waals surface area contributed by atoms with Crippen LogP contribution in [-0.2, 0) is 0 Å². The monoisotopic (exact) mass is 352 g/mol. The third-order valence-corrected chi connectivity index (χ3v) is 4.77. The van der Waals surface area contributed by atoms with Crippen LogP contribution in [0.3, 0.4) is 0 Å². The summed E-state index contributed by atoms with van der Waals surface area (Å²) in [6.07, 6.45) is 0. The third-order valence-electron chi connectivity index (χ3n) is 4.77. The number of nitrogens with zero attached hydrogens (tertiary/aromatic N) is 1. The van der Waals surface area contributed by atoms with Gasteiger partial charge in [-0.15, -0.1) is 0 Å². The molecular formula is C21H24N2O3. The van der Waals surface area contributed by atoms with Crippen molar-refractivity contribution < 1.29 is 14.6 Å². The van der Waals surface area contributed by atoms with E-state index < -0.39 is 0 Å². The highest BCUT2D eigenvalue weighted by atomic mass is 16.5. The number of aryl methyl sites for hydroxylation is 1. The van der Waals surface area contributed by atoms with Crippen molar-refractivity contribution in [1.82, 2.24) is 9.88 Å². The predicted octanol–water partition coefficient (Wildman–Crippen LogP) is 3.33. The molecule has 0 saturated carbocycles. The number of benzene rings is 2. The van der Waals surface area contributed by atoms with Gasteiger partial charge in [0.15, 0.2) is 5.78 Å². The normalized spacial score (nSPS) is 12.5. The maximum Gasteiger partial charge on any atom is 0.179 e. The molecule has 0 fully saturated rings. The number of nitrogens with one attached hydrogen (secondary N) is 1. The van der Waals surface area contributed by atoms with Crippen molar-refractivity contribution in [3.63, 3.8) is 0 Å². The summed E-state index contributed by atoms with van der Waals surface area (Å²) in [5, 5.41) is 10.8. The van der Waals surface area contributed by atoms with Crippen LogP contribution in [-0.4, -0.2) is 48.1 Å². The first kappa shape index (κ1) is 18.2. The van der Waals surface area contributed by atoms with Crippen LogP contribution in [0.25, 0.3) is 10.9 Å². The van der Waals surface area contributed by atoms with Crippen molar-refractivity contribution in [3.8, 4) is 5.75 Å². The van der Waals surface area contributed by atoms with Gasteiger partial charge in [-0.25, -0.2) is 0 Å². The molecule has 0 aliphatic rings. The minimum absolute atomic E-state index is 0.0365. The van der Waals surface area contributed by atoms with Crippen molar-refractivity contribution in [1.29, 1.82) is 0 Å². The zero-order chi connectivity index (χ0) is 18.7. The molecule has 136 valence electrons. The fourth-order valence-corrected chi connectivity index (χ4v) is 3.38. The first-order chi connectivity index (χ1) is 12.5. The smallest absolute Gasteiger partial charge is 0.179 e. The second-order valence-electron chi connectivity index (χ2n) is 6.48. The molecule has 26 heavy (non-hydrogen) atoms. The Balaban J connectivity index is 1.81. The van der Waals surface area contributed by atoms with Crippen molar-refractivity contribution in [2.45, 2.75) is 13.0 Å². The van der Waals surface area contributed by atoms with Crippen LogP contribution >= 0.6 is 0 Å². The number of para-hydroxylation sites is 1. The van der Waals surface area contributed by atoms with Crippen LogP contribution in [0, 0.1) is 6.92 Å². The topological polar surface area (TPSA) is 65.6 Å². The number of carbonyl (C=O) groups is 1. The molecular weight excluding hydrogens is 328 g/mol. The third kappa shape index (κ3) is 3.49. The number of H-pyrrole nitrogens is 1. The number of likely N-dealkylation sites (N-methyl/N-ethyl adjacent to an activating group) is 1. The lowest BCUT2D eigenvalue weighted by Crippen LogP contribution is -2.32. The quantitative estimate of drug-likeness (QED) is 0.640. The zero-order valence-corrected chi connectivity index (χ0v) is 15.3. The van der Waals surface area contributed by atoms with E-state index in [1.54, 1.807) is 7.11 Å². The van der Waals surface area contributed by atoms with E-state index in [9.17, 15) is 9.90 Å². The van der Waals surface area contributed by atoms with Gasteiger partial charge in [-0.1, -0.05) is 30.3 Å². The highest BCUT2D eigenvalue weighted by Crippen LogP contribution is 2.25. The van der Waals surface area contributed by atoms with Crippen LogP contribution in [0.2, 0.25) is 0 Å². The summed E-state index contributed by atoms with van der Waals surface area (Å²) in [6.45, 7) is 2.07. The van der Waals surface area contributed by atoms with Crippen molar-refractivity contribution in [3.05, 3.63) is 65.4 Å². The van der Waals surface area contributed by atoms with Crippen LogP contribution in [0.5, 0.6) is 5.75 Å². The van der Waals surface area contributed by atoms with E-state index in [0.717, 1.165) is 33.5 Å². The summed E-state index contributed by atoms with van der Waals surface area (Å²) in [6, 6.07) is 15.1. The van der Waals surface area contributed by atoms with E-state index in [1.165, 1.54) is 0 Å². The number of Topliss-reactive ketones (excluding diaryl/α,β-unsaturated/α-hetero) is 1. The van der Waals surface area contributed by atoms with Gasteiger partial charge >= 0.3 is 0 Å². The van der Waals surface area contributed by atoms with Crippen LogP contribution < -0.4 is 4.74 Å². The highest BCUT2D eigenvalue weighted by Gasteiger charge is 2.22. The molecule has 0 aliphatic heterocycles. The Morgan fingerprint density at radius 1 is 1.19 bits per heavy atom. The minimum Gasteiger partial charge on any atom is -0.497 e. The molecule has 5 nitrogen and oxygen atoms in total. The SMILES string of the molecule is COc1ccc(C(CO)N(C)CC(=O)c2c(C)[nH]c3ccccc23)cc1. The van der Waals surface area contributed by atoms with E-state index in [0.29, 0.717) is 0 Å². The van der Waals surface area contributed by atoms with Gasteiger partial charge in [0, 0.05) is 22.2 Å². The molecule has 0 aliphatic carbocycles. The number of aliphatic hydroxyl groups excluding tert-OH is 1. The first-order valence-corrected chi connectivity index (χ1v) is 8.60. The maximum atomic E-state index is 12.9. The average Bonchev–Trinajstić information content (AvgIpc) is 2.98. The molecule has 0 amide bonds. The number of hydrogen-bond donors (Lipinski definition) is 2. The number of aromatic amines is 1. The Bertz CT molecular complexity index is 899. The summed E-state index contributed by atoms with van der Waals surface area (Å²) < 4.78 is 5.18. The van der Waals surface area contributed by atoms with E-state index >= 15 is 0 Å². The van der Waals surface area contributed by atoms with Gasteiger partial charge < -0.3 is 14.8 Å². The Hall–Kier alpha value is -2.63. The number of rotatable bonds is 7. The zero-order valence-electron chi connectivity index (χ0n) is 15.3. The summed E-state index contributed by atoms with van der Waals surface area (Å²) in [5.74, 6) is 0.799. The van der Waals surface area contributed by atoms with Crippen LogP contribution in [0.15, 0.2) is 48.5 Å². The average molecular weight is 352 g/mol. The lowest BCUT2D eigenvalue weighted by atomic mass is 10.0. The van der Waals surface area contributed by atoms with Gasteiger partial charge in [-0.3, -0.25) is 9.69 Å². The second-order valence-corrected chi connectivity index (χ2v) is 6.48. The lowest BCUT2D eigenvalue weighted by Gasteiger charge is -2.26. The summed E-state index contributed by atoms with van der Waals surface area (Å²) in [4.78, 5) is 18.1. The number of carbonyl (C=O) groups excluding carboxylic acids is 1. The number of hydrogen-bond acceptors (Lipinski definition) is 4. The molecule has 0 spiro atoms. The van der Waals surface area contributed by atoms with E-state index in [1.807, 2.05) is 67.4 Å². The molecule has 3 aromatic rings. The molecule has 1 atom stereocenters. The molecule has 1 unspecified atom stereocenters. The summed E-state index contributed by atoms with van der Waals surface area (Å²) in [7, 11) is 3.47. The van der Waals surface area contributed by atoms with E-state index in [-0.39, 0.29) is 25.0 Å². The molecule has 0 bridgehead atoms. The summed E-state index contributed by atoms with van der Waals surface area (Å²) in [5.41, 5.74) is 3.50. The Labute approximate surface area is 153 Å². The van der Waals surface area contributed by atoms with Crippen molar-refractivity contribution in [2.24, 2.45) is 0 Å². The lowest BCUT2D eigenvalue weighted by molar-refractivity contribution is 0.0876. The number of aliphatic hydroxyl groups is 1. The van der Waals surface area contributed by atoms with E-state index in [4.69, 9.17) is 4.74 Å². The van der Waals surface area contributed by atoms with Gasteiger partial charge in [0.25, 0.3) is 0 Å². The van der Waals surface area contributed by atoms with Gasteiger partial charge in [0.2, 0.25) is 0 Å². The van der Waals surface area contributed by atoms with Gasteiger partial charge in [-0.05, 0) is 37.7 Å². The molecule has 2 N–H and O–H groups in total. The predicted molar refractivity (Wildman–Crippen MR) is 103 cm³/mol.